The first-order valence-electron chi connectivity index (χ1n) is 43.3. The van der Waals surface area contributed by atoms with Gasteiger partial charge in [-0.05, 0) is 255 Å². The molecule has 0 saturated heterocycles. The Balaban J connectivity index is 0.000000146. The summed E-state index contributed by atoms with van der Waals surface area (Å²) >= 11 is 0. The van der Waals surface area contributed by atoms with E-state index in [1.54, 1.807) is 0 Å². The number of rotatable bonds is 10. The maximum absolute atomic E-state index is 2.35. The number of pyridine rings is 5. The summed E-state index contributed by atoms with van der Waals surface area (Å²) in [5.74, 6) is 0. The molecule has 119 heavy (non-hydrogen) atoms. The Labute approximate surface area is 716 Å². The van der Waals surface area contributed by atoms with Gasteiger partial charge in [0.1, 0.15) is 35.2 Å². The quantitative estimate of drug-likeness (QED) is 0.122. The third-order valence-electron chi connectivity index (χ3n) is 23.3. The average Bonchev–Trinajstić information content (AvgIpc) is 0.799. The first kappa shape index (κ1) is 89.0. The van der Waals surface area contributed by atoms with Crippen LogP contribution in [0.4, 0.5) is 0 Å². The molecule has 10 aromatic carbocycles. The standard InChI is InChI=1S/C24H30N.2C23H28N.2C22H26N/c1-16-13-17(2)18(3)21(14-16)23-12-11-20-19(15-24(4,5)6)9-8-10-22(20)25(23)7;1-16-7-8-17(2)20(13-16)22-12-10-19-14-18(15-23(3,4)5)9-11-21(19)24(22)6;1-16-10-11-17(2)20(14-16)22-13-12-19-18(15-23(3,4)5)8-7-9-21(19)24(22)6;1-16-9-6-7-11-18(16)21-14-13-19-17(15-22(2,3)4)10-8-12-20(19)23(21)5;1-16-8-6-7-9-19(16)21-13-11-18-14-17(15-22(2,3)4)10-12-20(18)23(21)5/h8-14H,15H2,1-7H3;2*7-14H,15H2,1-6H3;2*6-14H,15H2,1-5H3/q5*+1. The van der Waals surface area contributed by atoms with Crippen LogP contribution >= 0.6 is 0 Å². The highest BCUT2D eigenvalue weighted by molar-refractivity contribution is 5.85. The van der Waals surface area contributed by atoms with Crippen molar-refractivity contribution in [1.29, 1.82) is 0 Å². The number of aryl methyl sites for hydroxylation is 13. The van der Waals surface area contributed by atoms with Crippen LogP contribution in [0.5, 0.6) is 0 Å². The van der Waals surface area contributed by atoms with Crippen molar-refractivity contribution in [1.82, 2.24) is 0 Å². The van der Waals surface area contributed by atoms with Crippen LogP contribution in [-0.4, -0.2) is 0 Å². The van der Waals surface area contributed by atoms with Gasteiger partial charge in [0, 0.05) is 115 Å². The maximum Gasteiger partial charge on any atom is 0.213 e. The van der Waals surface area contributed by atoms with Crippen LogP contribution in [0.25, 0.3) is 111 Å². The molecule has 0 radical (unpaired) electrons. The third-order valence-corrected chi connectivity index (χ3v) is 23.3. The summed E-state index contributed by atoms with van der Waals surface area (Å²) in [6, 6.07) is 91.7. The van der Waals surface area contributed by atoms with E-state index in [1.165, 1.54) is 189 Å². The van der Waals surface area contributed by atoms with Crippen LogP contribution in [0.3, 0.4) is 0 Å². The van der Waals surface area contributed by atoms with Gasteiger partial charge in [-0.25, -0.2) is 0 Å². The minimum Gasteiger partial charge on any atom is -0.194 e. The zero-order valence-corrected chi connectivity index (χ0v) is 77.9. The summed E-state index contributed by atoms with van der Waals surface area (Å²) in [5, 5.41) is 6.72. The van der Waals surface area contributed by atoms with E-state index < -0.39 is 0 Å². The van der Waals surface area contributed by atoms with Crippen LogP contribution < -0.4 is 22.8 Å². The molecule has 5 heterocycles. The number of hydrogen-bond donors (Lipinski definition) is 0. The highest BCUT2D eigenvalue weighted by Crippen LogP contribution is 2.36. The fourth-order valence-corrected chi connectivity index (χ4v) is 17.4. The smallest absolute Gasteiger partial charge is 0.194 e. The Hall–Kier alpha value is -10.8. The van der Waals surface area contributed by atoms with E-state index in [-0.39, 0.29) is 5.41 Å². The van der Waals surface area contributed by atoms with Crippen LogP contribution in [-0.2, 0) is 67.3 Å². The van der Waals surface area contributed by atoms with Crippen molar-refractivity contribution in [3.63, 3.8) is 0 Å². The monoisotopic (exact) mass is 1580 g/mol. The molecule has 614 valence electrons. The zero-order chi connectivity index (χ0) is 86.5. The Morgan fingerprint density at radius 3 is 0.840 bits per heavy atom. The lowest BCUT2D eigenvalue weighted by atomic mass is 9.86. The Morgan fingerprint density at radius 1 is 0.210 bits per heavy atom. The van der Waals surface area contributed by atoms with Gasteiger partial charge in [-0.1, -0.05) is 236 Å². The van der Waals surface area contributed by atoms with Gasteiger partial charge in [0.25, 0.3) is 0 Å². The summed E-state index contributed by atoms with van der Waals surface area (Å²) in [7, 11) is 10.9. The van der Waals surface area contributed by atoms with E-state index in [9.17, 15) is 0 Å². The van der Waals surface area contributed by atoms with Gasteiger partial charge in [0.05, 0.1) is 0 Å². The van der Waals surface area contributed by atoms with E-state index in [2.05, 4.69) is 473 Å². The molecule has 0 aliphatic heterocycles. The fraction of sp³-hybridized carbons (Fsp3) is 0.342. The molecule has 5 aromatic heterocycles. The van der Waals surface area contributed by atoms with Crippen LogP contribution in [0.15, 0.2) is 249 Å². The van der Waals surface area contributed by atoms with Gasteiger partial charge >= 0.3 is 0 Å². The third kappa shape index (κ3) is 22.2. The van der Waals surface area contributed by atoms with E-state index in [0.29, 0.717) is 21.7 Å². The molecule has 0 N–H and O–H groups in total. The molecule has 0 unspecified atom stereocenters. The Morgan fingerprint density at radius 2 is 0.504 bits per heavy atom. The first-order valence-corrected chi connectivity index (χ1v) is 43.3. The second kappa shape index (κ2) is 36.5. The molecule has 0 aliphatic carbocycles. The minimum atomic E-state index is 0.287. The maximum atomic E-state index is 2.35. The predicted molar refractivity (Wildman–Crippen MR) is 511 cm³/mol. The van der Waals surface area contributed by atoms with E-state index >= 15 is 0 Å². The summed E-state index contributed by atoms with van der Waals surface area (Å²) in [4.78, 5) is 0. The molecule has 0 fully saturated rings. The Kier molecular flexibility index (Phi) is 27.3. The number of aromatic nitrogens is 5. The molecule has 0 bridgehead atoms. The van der Waals surface area contributed by atoms with Crippen molar-refractivity contribution in [2.24, 2.45) is 62.3 Å². The first-order chi connectivity index (χ1) is 55.9. The molecular formula is C114H138N5+5. The van der Waals surface area contributed by atoms with E-state index in [4.69, 9.17) is 0 Å². The molecule has 0 spiro atoms. The molecule has 15 rings (SSSR count). The van der Waals surface area contributed by atoms with Gasteiger partial charge in [0.2, 0.25) is 56.1 Å². The van der Waals surface area contributed by atoms with Crippen molar-refractivity contribution in [3.8, 4) is 56.3 Å². The van der Waals surface area contributed by atoms with Gasteiger partial charge in [0.15, 0.2) is 0 Å². The summed E-state index contributed by atoms with van der Waals surface area (Å²) < 4.78 is 11.6. The number of nitrogens with zero attached hydrogens (tertiary/aromatic N) is 5. The van der Waals surface area contributed by atoms with Gasteiger partial charge in [-0.3, -0.25) is 0 Å². The minimum absolute atomic E-state index is 0.287. The molecule has 5 nitrogen and oxygen atoms in total. The van der Waals surface area contributed by atoms with Crippen LogP contribution in [0.2, 0.25) is 0 Å². The lowest BCUT2D eigenvalue weighted by Crippen LogP contribution is -2.32. The van der Waals surface area contributed by atoms with Crippen LogP contribution in [0.1, 0.15) is 182 Å². The van der Waals surface area contributed by atoms with Crippen molar-refractivity contribution >= 4 is 54.5 Å². The molecule has 0 atom stereocenters. The predicted octanol–water partition coefficient (Wildman–Crippen LogP) is 27.4. The van der Waals surface area contributed by atoms with Crippen molar-refractivity contribution in [3.05, 3.63) is 327 Å². The molecular weight excluding hydrogens is 1440 g/mol. The molecule has 5 heteroatoms. The molecule has 15 aromatic rings. The molecule has 0 aliphatic rings. The number of fused-ring (bicyclic) bond motifs is 5. The van der Waals surface area contributed by atoms with E-state index in [0.717, 1.165) is 32.1 Å². The topological polar surface area (TPSA) is 19.4 Å². The van der Waals surface area contributed by atoms with E-state index in [1.807, 2.05) is 0 Å². The Bertz CT molecular complexity index is 6200. The number of hydrogen-bond acceptors (Lipinski definition) is 0. The highest BCUT2D eigenvalue weighted by Gasteiger charge is 2.27. The molecule has 0 saturated carbocycles. The van der Waals surface area contributed by atoms with Crippen LogP contribution in [0, 0.1) is 89.4 Å². The molecule has 0 amide bonds. The SMILES string of the molecule is Cc1cc(C)c(C)c(-c2ccc3c(CC(C)(C)C)cccc3[n+]2C)c1.Cc1ccc(C)c(-c2ccc3c(CC(C)(C)C)cccc3[n+]2C)c1.Cc1ccc(C)c(-c2ccc3cc(CC(C)(C)C)ccc3[n+]2C)c1.Cc1ccccc1-c1ccc2c(CC(C)(C)C)cccc2[n+]1C.Cc1ccccc1-c1ccc2cc(CC(C)(C)C)ccc2[n+]1C. The highest BCUT2D eigenvalue weighted by atomic mass is 15.0. The van der Waals surface area contributed by atoms with Crippen molar-refractivity contribution < 1.29 is 22.8 Å². The van der Waals surface area contributed by atoms with Gasteiger partial charge < -0.3 is 0 Å². The lowest BCUT2D eigenvalue weighted by Gasteiger charge is -2.19. The van der Waals surface area contributed by atoms with Gasteiger partial charge in [-0.15, -0.1) is 0 Å². The largest absolute Gasteiger partial charge is 0.213 e. The second-order valence-corrected chi connectivity index (χ2v) is 40.4. The second-order valence-electron chi connectivity index (χ2n) is 40.4. The van der Waals surface area contributed by atoms with Crippen molar-refractivity contribution in [2.45, 2.75) is 198 Å². The average molecular weight is 1580 g/mol. The lowest BCUT2D eigenvalue weighted by molar-refractivity contribution is -0.633. The van der Waals surface area contributed by atoms with Crippen molar-refractivity contribution in [2.75, 3.05) is 0 Å². The number of benzene rings is 10. The summed E-state index contributed by atoms with van der Waals surface area (Å²) in [6.07, 6.45) is 5.48. The zero-order valence-electron chi connectivity index (χ0n) is 77.9. The normalized spacial score (nSPS) is 11.9. The van der Waals surface area contributed by atoms with Gasteiger partial charge in [-0.2, -0.15) is 22.8 Å². The fourth-order valence-electron chi connectivity index (χ4n) is 17.4. The summed E-state index contributed by atoms with van der Waals surface area (Å²) in [5.41, 5.74) is 39.9. The summed E-state index contributed by atoms with van der Waals surface area (Å²) in [6.45, 7) is 54.1.